The van der Waals surface area contributed by atoms with Crippen LogP contribution in [-0.2, 0) is 0 Å². The summed E-state index contributed by atoms with van der Waals surface area (Å²) in [4.78, 5) is 11.1. The highest BCUT2D eigenvalue weighted by Gasteiger charge is 2.24. The third kappa shape index (κ3) is 2.39. The first-order valence-corrected chi connectivity index (χ1v) is 6.91. The van der Waals surface area contributed by atoms with E-state index >= 15 is 0 Å². The average Bonchev–Trinajstić information content (AvgIpc) is 2.95. The molecule has 0 bridgehead atoms. The molecule has 6 nitrogen and oxygen atoms in total. The van der Waals surface area contributed by atoms with Gasteiger partial charge in [0.15, 0.2) is 0 Å². The number of para-hydroxylation sites is 1. The van der Waals surface area contributed by atoms with E-state index in [-0.39, 0.29) is 6.61 Å². The van der Waals surface area contributed by atoms with Gasteiger partial charge in [-0.05, 0) is 30.9 Å². The number of hydrogen-bond acceptors (Lipinski definition) is 6. The number of nitrogens with one attached hydrogen (secondary N) is 1. The Hall–Kier alpha value is -1.92. The molecule has 6 heteroatoms. The highest BCUT2D eigenvalue weighted by molar-refractivity contribution is 5.90. The van der Waals surface area contributed by atoms with Gasteiger partial charge >= 0.3 is 0 Å². The predicted octanol–water partition coefficient (Wildman–Crippen LogP) is 1.12. The third-order valence-corrected chi connectivity index (χ3v) is 3.83. The fourth-order valence-corrected chi connectivity index (χ4v) is 2.81. The van der Waals surface area contributed by atoms with Crippen LogP contribution >= 0.6 is 0 Å². The number of aliphatic hydroxyl groups is 1. The van der Waals surface area contributed by atoms with Crippen molar-refractivity contribution in [3.63, 3.8) is 0 Å². The van der Waals surface area contributed by atoms with Gasteiger partial charge in [0.05, 0.1) is 5.52 Å². The van der Waals surface area contributed by atoms with Crippen LogP contribution in [-0.4, -0.2) is 34.8 Å². The van der Waals surface area contributed by atoms with Crippen molar-refractivity contribution in [2.75, 3.05) is 30.0 Å². The monoisotopic (exact) mass is 273 g/mol. The Morgan fingerprint density at radius 3 is 3.00 bits per heavy atom. The minimum atomic E-state index is 0.249. The molecule has 1 fully saturated rings. The Balaban J connectivity index is 1.98. The molecular formula is C14H19N5O. The molecule has 1 saturated heterocycles. The van der Waals surface area contributed by atoms with Crippen LogP contribution in [0.4, 0.5) is 11.8 Å². The van der Waals surface area contributed by atoms with E-state index < -0.39 is 0 Å². The van der Waals surface area contributed by atoms with Gasteiger partial charge < -0.3 is 10.0 Å². The summed E-state index contributed by atoms with van der Waals surface area (Å²) < 4.78 is 0. The fraction of sp³-hybridized carbons (Fsp3) is 0.429. The summed E-state index contributed by atoms with van der Waals surface area (Å²) in [6.07, 6.45) is 1.94. The second-order valence-corrected chi connectivity index (χ2v) is 5.15. The number of anilines is 2. The number of aliphatic hydroxyl groups excluding tert-OH is 1. The zero-order valence-electron chi connectivity index (χ0n) is 11.3. The van der Waals surface area contributed by atoms with Crippen molar-refractivity contribution in [1.29, 1.82) is 0 Å². The van der Waals surface area contributed by atoms with Crippen LogP contribution in [0.25, 0.3) is 10.9 Å². The quantitative estimate of drug-likeness (QED) is 0.571. The molecular weight excluding hydrogens is 254 g/mol. The van der Waals surface area contributed by atoms with Gasteiger partial charge in [0.25, 0.3) is 0 Å². The number of benzene rings is 1. The van der Waals surface area contributed by atoms with Crippen LogP contribution in [0, 0.1) is 5.92 Å². The van der Waals surface area contributed by atoms with Gasteiger partial charge in [-0.3, -0.25) is 5.43 Å². The number of nitrogens with two attached hydrogens (primary N) is 1. The summed E-state index contributed by atoms with van der Waals surface area (Å²) in [5.74, 6) is 7.34. The lowest BCUT2D eigenvalue weighted by Gasteiger charge is -2.20. The second kappa shape index (κ2) is 5.60. The number of aromatic nitrogens is 2. The van der Waals surface area contributed by atoms with Crippen LogP contribution < -0.4 is 16.2 Å². The lowest BCUT2D eigenvalue weighted by Crippen LogP contribution is -2.23. The van der Waals surface area contributed by atoms with Crippen molar-refractivity contribution < 1.29 is 5.11 Å². The van der Waals surface area contributed by atoms with Crippen LogP contribution in [0.2, 0.25) is 0 Å². The summed E-state index contributed by atoms with van der Waals surface area (Å²) in [6, 6.07) is 7.94. The van der Waals surface area contributed by atoms with Crippen LogP contribution in [0.15, 0.2) is 24.3 Å². The van der Waals surface area contributed by atoms with Gasteiger partial charge in [0.2, 0.25) is 5.95 Å². The molecule has 2 aromatic rings. The molecule has 1 unspecified atom stereocenters. The largest absolute Gasteiger partial charge is 0.396 e. The van der Waals surface area contributed by atoms with Crippen LogP contribution in [0.5, 0.6) is 0 Å². The normalized spacial score (nSPS) is 18.7. The predicted molar refractivity (Wildman–Crippen MR) is 79.4 cm³/mol. The van der Waals surface area contributed by atoms with Gasteiger partial charge in [-0.15, -0.1) is 0 Å². The molecule has 0 spiro atoms. The van der Waals surface area contributed by atoms with E-state index in [1.54, 1.807) is 0 Å². The molecule has 1 aromatic heterocycles. The molecule has 106 valence electrons. The first-order chi connectivity index (χ1) is 9.81. The SMILES string of the molecule is NNc1nc(N2CCC(CCO)C2)c2ccccc2n1. The molecule has 3 rings (SSSR count). The van der Waals surface area contributed by atoms with Crippen molar-refractivity contribution in [3.05, 3.63) is 24.3 Å². The van der Waals surface area contributed by atoms with Gasteiger partial charge in [-0.2, -0.15) is 4.98 Å². The van der Waals surface area contributed by atoms with Gasteiger partial charge in [-0.1, -0.05) is 12.1 Å². The summed E-state index contributed by atoms with van der Waals surface area (Å²) in [5, 5.41) is 10.1. The molecule has 0 saturated carbocycles. The molecule has 4 N–H and O–H groups in total. The summed E-state index contributed by atoms with van der Waals surface area (Å²) >= 11 is 0. The molecule has 1 aliphatic heterocycles. The smallest absolute Gasteiger partial charge is 0.239 e. The van der Waals surface area contributed by atoms with E-state index in [1.165, 1.54) is 0 Å². The first kappa shape index (κ1) is 13.1. The maximum absolute atomic E-state index is 9.07. The van der Waals surface area contributed by atoms with Gasteiger partial charge in [0.1, 0.15) is 5.82 Å². The lowest BCUT2D eigenvalue weighted by atomic mass is 10.1. The van der Waals surface area contributed by atoms with Crippen molar-refractivity contribution in [2.45, 2.75) is 12.8 Å². The fourth-order valence-electron chi connectivity index (χ4n) is 2.81. The summed E-state index contributed by atoms with van der Waals surface area (Å²) in [7, 11) is 0. The summed E-state index contributed by atoms with van der Waals surface area (Å²) in [6.45, 7) is 2.12. The summed E-state index contributed by atoms with van der Waals surface area (Å²) in [5.41, 5.74) is 3.42. The molecule has 1 aromatic carbocycles. The van der Waals surface area contributed by atoms with E-state index in [4.69, 9.17) is 10.9 Å². The van der Waals surface area contributed by atoms with Gasteiger partial charge in [0, 0.05) is 25.1 Å². The van der Waals surface area contributed by atoms with Gasteiger partial charge in [-0.25, -0.2) is 10.8 Å². The van der Waals surface area contributed by atoms with E-state index in [0.717, 1.165) is 42.7 Å². The number of hydrogen-bond donors (Lipinski definition) is 3. The lowest BCUT2D eigenvalue weighted by molar-refractivity contribution is 0.263. The molecule has 0 amide bonds. The van der Waals surface area contributed by atoms with Crippen molar-refractivity contribution >= 4 is 22.7 Å². The average molecular weight is 273 g/mol. The zero-order chi connectivity index (χ0) is 13.9. The number of hydrazine groups is 1. The van der Waals surface area contributed by atoms with E-state index in [0.29, 0.717) is 11.9 Å². The second-order valence-electron chi connectivity index (χ2n) is 5.15. The highest BCUT2D eigenvalue weighted by Crippen LogP contribution is 2.30. The number of rotatable bonds is 4. The van der Waals surface area contributed by atoms with E-state index in [1.807, 2.05) is 24.3 Å². The van der Waals surface area contributed by atoms with Crippen molar-refractivity contribution in [1.82, 2.24) is 9.97 Å². The van der Waals surface area contributed by atoms with E-state index in [9.17, 15) is 0 Å². The van der Waals surface area contributed by atoms with Crippen LogP contribution in [0.3, 0.4) is 0 Å². The Labute approximate surface area is 117 Å². The molecule has 0 radical (unpaired) electrons. The van der Waals surface area contributed by atoms with Crippen molar-refractivity contribution in [3.8, 4) is 0 Å². The number of nitrogens with zero attached hydrogens (tertiary/aromatic N) is 3. The van der Waals surface area contributed by atoms with Crippen molar-refractivity contribution in [2.24, 2.45) is 11.8 Å². The maximum Gasteiger partial charge on any atom is 0.239 e. The number of fused-ring (bicyclic) bond motifs is 1. The van der Waals surface area contributed by atoms with Crippen LogP contribution in [0.1, 0.15) is 12.8 Å². The molecule has 0 aliphatic carbocycles. The standard InChI is InChI=1S/C14H19N5O/c15-18-14-16-12-4-2-1-3-11(12)13(17-14)19-7-5-10(9-19)6-8-20/h1-4,10,20H,5-9,15H2,(H,16,17,18). The molecule has 20 heavy (non-hydrogen) atoms. The maximum atomic E-state index is 9.07. The Morgan fingerprint density at radius 1 is 1.35 bits per heavy atom. The number of nitrogen functional groups attached to an aromatic ring is 1. The zero-order valence-corrected chi connectivity index (χ0v) is 11.3. The topological polar surface area (TPSA) is 87.3 Å². The third-order valence-electron chi connectivity index (χ3n) is 3.83. The molecule has 1 aliphatic rings. The first-order valence-electron chi connectivity index (χ1n) is 6.91. The Morgan fingerprint density at radius 2 is 2.20 bits per heavy atom. The Kier molecular flexibility index (Phi) is 3.66. The minimum Gasteiger partial charge on any atom is -0.396 e. The van der Waals surface area contributed by atoms with E-state index in [2.05, 4.69) is 20.3 Å². The molecule has 1 atom stereocenters. The Bertz CT molecular complexity index is 603. The minimum absolute atomic E-state index is 0.249. The molecule has 2 heterocycles. The highest BCUT2D eigenvalue weighted by atomic mass is 16.3.